The van der Waals surface area contributed by atoms with Crippen molar-refractivity contribution >= 4 is 11.9 Å². The fourth-order valence-corrected chi connectivity index (χ4v) is 2.91. The smallest absolute Gasteiger partial charge is 0.328 e. The summed E-state index contributed by atoms with van der Waals surface area (Å²) in [5.41, 5.74) is 1.02. The average molecular weight is 291 g/mol. The van der Waals surface area contributed by atoms with Crippen LogP contribution >= 0.6 is 0 Å². The molecule has 0 aromatic heterocycles. The van der Waals surface area contributed by atoms with Crippen molar-refractivity contribution in [3.8, 4) is 5.75 Å². The van der Waals surface area contributed by atoms with Gasteiger partial charge in [-0.15, -0.1) is 0 Å². The number of hydrogen-bond donors (Lipinski definition) is 0. The van der Waals surface area contributed by atoms with E-state index >= 15 is 0 Å². The normalized spacial score (nSPS) is 19.5. The molecule has 1 aliphatic rings. The Bertz CT molecular complexity index is 529. The number of carbonyl (C=O) groups is 2. The molecule has 1 amide bonds. The average Bonchev–Trinajstić information content (AvgIpc) is 2.88. The number of esters is 1. The number of carbonyl (C=O) groups excluding carboxylic acids is 2. The highest BCUT2D eigenvalue weighted by Gasteiger charge is 2.39. The van der Waals surface area contributed by atoms with E-state index in [2.05, 4.69) is 0 Å². The van der Waals surface area contributed by atoms with Crippen LogP contribution in [0.4, 0.5) is 0 Å². The first-order valence-corrected chi connectivity index (χ1v) is 7.09. The highest BCUT2D eigenvalue weighted by molar-refractivity contribution is 5.88. The molecule has 2 rings (SSSR count). The number of likely N-dealkylation sites (tertiary alicyclic amines) is 1. The fourth-order valence-electron chi connectivity index (χ4n) is 2.91. The van der Waals surface area contributed by atoms with Gasteiger partial charge in [-0.3, -0.25) is 4.79 Å². The lowest BCUT2D eigenvalue weighted by molar-refractivity contribution is -0.150. The van der Waals surface area contributed by atoms with Gasteiger partial charge >= 0.3 is 5.97 Å². The Labute approximate surface area is 124 Å². The highest BCUT2D eigenvalue weighted by Crippen LogP contribution is 2.26. The Morgan fingerprint density at radius 2 is 2.10 bits per heavy atom. The zero-order valence-electron chi connectivity index (χ0n) is 12.7. The minimum atomic E-state index is -0.466. The maximum Gasteiger partial charge on any atom is 0.328 e. The van der Waals surface area contributed by atoms with Crippen LogP contribution in [0.25, 0.3) is 0 Å². The van der Waals surface area contributed by atoms with Crippen LogP contribution < -0.4 is 4.74 Å². The van der Waals surface area contributed by atoms with Crippen molar-refractivity contribution in [3.05, 3.63) is 29.8 Å². The molecule has 1 heterocycles. The van der Waals surface area contributed by atoms with Crippen LogP contribution in [0.15, 0.2) is 24.3 Å². The van der Waals surface area contributed by atoms with Gasteiger partial charge in [0.15, 0.2) is 0 Å². The first kappa shape index (κ1) is 15.4. The molecule has 0 N–H and O–H groups in total. The number of para-hydroxylation sites is 1. The summed E-state index contributed by atoms with van der Waals surface area (Å²) in [4.78, 5) is 25.5. The zero-order chi connectivity index (χ0) is 15.4. The SMILES string of the molecule is COC(=O)C1CCC(=O)N1C(C)Cc1ccccc1OC. The van der Waals surface area contributed by atoms with Crippen molar-refractivity contribution in [2.45, 2.75) is 38.3 Å². The number of hydrogen-bond acceptors (Lipinski definition) is 4. The summed E-state index contributed by atoms with van der Waals surface area (Å²) in [6.07, 6.45) is 1.57. The van der Waals surface area contributed by atoms with Gasteiger partial charge in [-0.1, -0.05) is 18.2 Å². The van der Waals surface area contributed by atoms with E-state index < -0.39 is 6.04 Å². The third kappa shape index (κ3) is 3.17. The monoisotopic (exact) mass is 291 g/mol. The van der Waals surface area contributed by atoms with E-state index in [0.29, 0.717) is 19.3 Å². The van der Waals surface area contributed by atoms with E-state index in [-0.39, 0.29) is 17.9 Å². The summed E-state index contributed by atoms with van der Waals surface area (Å²) in [7, 11) is 2.98. The van der Waals surface area contributed by atoms with Gasteiger partial charge in [0.1, 0.15) is 11.8 Å². The third-order valence-electron chi connectivity index (χ3n) is 3.91. The number of nitrogens with zero attached hydrogens (tertiary/aromatic N) is 1. The number of methoxy groups -OCH3 is 2. The molecule has 5 heteroatoms. The van der Waals surface area contributed by atoms with Gasteiger partial charge in [-0.05, 0) is 31.4 Å². The predicted octanol–water partition coefficient (Wildman–Crippen LogP) is 1.79. The number of ether oxygens (including phenoxy) is 2. The van der Waals surface area contributed by atoms with Crippen molar-refractivity contribution in [2.24, 2.45) is 0 Å². The quantitative estimate of drug-likeness (QED) is 0.776. The molecule has 1 aromatic carbocycles. The van der Waals surface area contributed by atoms with Gasteiger partial charge in [0.05, 0.1) is 14.2 Å². The summed E-state index contributed by atoms with van der Waals surface area (Å²) >= 11 is 0. The van der Waals surface area contributed by atoms with Crippen LogP contribution in [0.2, 0.25) is 0 Å². The lowest BCUT2D eigenvalue weighted by atomic mass is 10.0. The third-order valence-corrected chi connectivity index (χ3v) is 3.91. The Morgan fingerprint density at radius 1 is 1.38 bits per heavy atom. The molecule has 0 radical (unpaired) electrons. The molecule has 0 spiro atoms. The van der Waals surface area contributed by atoms with Crippen molar-refractivity contribution in [2.75, 3.05) is 14.2 Å². The predicted molar refractivity (Wildman–Crippen MR) is 78.0 cm³/mol. The van der Waals surface area contributed by atoms with Crippen molar-refractivity contribution < 1.29 is 19.1 Å². The fraction of sp³-hybridized carbons (Fsp3) is 0.500. The molecule has 2 atom stereocenters. The van der Waals surface area contributed by atoms with E-state index in [0.717, 1.165) is 11.3 Å². The maximum absolute atomic E-state index is 12.1. The van der Waals surface area contributed by atoms with Gasteiger partial charge in [0.2, 0.25) is 5.91 Å². The first-order chi connectivity index (χ1) is 10.1. The Kier molecular flexibility index (Phi) is 4.83. The lowest BCUT2D eigenvalue weighted by Crippen LogP contribution is -2.45. The molecule has 5 nitrogen and oxygen atoms in total. The van der Waals surface area contributed by atoms with E-state index in [1.807, 2.05) is 31.2 Å². The zero-order valence-corrected chi connectivity index (χ0v) is 12.7. The second-order valence-corrected chi connectivity index (χ2v) is 5.24. The number of rotatable bonds is 5. The Balaban J connectivity index is 2.16. The Morgan fingerprint density at radius 3 is 2.76 bits per heavy atom. The van der Waals surface area contributed by atoms with E-state index in [4.69, 9.17) is 9.47 Å². The summed E-state index contributed by atoms with van der Waals surface area (Å²) in [6, 6.07) is 7.17. The van der Waals surface area contributed by atoms with Crippen LogP contribution in [0, 0.1) is 0 Å². The van der Waals surface area contributed by atoms with E-state index in [9.17, 15) is 9.59 Å². The standard InChI is InChI=1S/C16H21NO4/c1-11(10-12-6-4-5-7-14(12)20-2)17-13(16(19)21-3)8-9-15(17)18/h4-7,11,13H,8-10H2,1-3H3. The molecular formula is C16H21NO4. The van der Waals surface area contributed by atoms with Crippen LogP contribution in [-0.2, 0) is 20.7 Å². The van der Waals surface area contributed by atoms with Crippen molar-refractivity contribution in [3.63, 3.8) is 0 Å². The van der Waals surface area contributed by atoms with Gasteiger partial charge in [0.25, 0.3) is 0 Å². The molecule has 1 aliphatic heterocycles. The molecule has 114 valence electrons. The topological polar surface area (TPSA) is 55.8 Å². The van der Waals surface area contributed by atoms with Crippen LogP contribution in [-0.4, -0.2) is 43.1 Å². The molecule has 0 bridgehead atoms. The van der Waals surface area contributed by atoms with Crippen molar-refractivity contribution in [1.82, 2.24) is 4.90 Å². The molecule has 1 saturated heterocycles. The minimum absolute atomic E-state index is 0.00722. The summed E-state index contributed by atoms with van der Waals surface area (Å²) < 4.78 is 10.1. The molecule has 0 aliphatic carbocycles. The van der Waals surface area contributed by atoms with Crippen LogP contribution in [0.5, 0.6) is 5.75 Å². The molecule has 0 saturated carbocycles. The molecule has 1 fully saturated rings. The summed E-state index contributed by atoms with van der Waals surface area (Å²) in [5, 5.41) is 0. The largest absolute Gasteiger partial charge is 0.496 e. The number of benzene rings is 1. The second-order valence-electron chi connectivity index (χ2n) is 5.24. The lowest BCUT2D eigenvalue weighted by Gasteiger charge is -2.29. The second kappa shape index (κ2) is 6.61. The van der Waals surface area contributed by atoms with Crippen LogP contribution in [0.1, 0.15) is 25.3 Å². The molecule has 21 heavy (non-hydrogen) atoms. The summed E-state index contributed by atoms with van der Waals surface area (Å²) in [5.74, 6) is 0.464. The Hall–Kier alpha value is -2.04. The van der Waals surface area contributed by atoms with Gasteiger partial charge in [-0.25, -0.2) is 4.79 Å². The van der Waals surface area contributed by atoms with Crippen LogP contribution in [0.3, 0.4) is 0 Å². The highest BCUT2D eigenvalue weighted by atomic mass is 16.5. The number of amides is 1. The first-order valence-electron chi connectivity index (χ1n) is 7.09. The van der Waals surface area contributed by atoms with Gasteiger partial charge in [0, 0.05) is 12.5 Å². The molecule has 1 aromatic rings. The van der Waals surface area contributed by atoms with E-state index in [1.165, 1.54) is 7.11 Å². The van der Waals surface area contributed by atoms with Gasteiger partial charge in [-0.2, -0.15) is 0 Å². The van der Waals surface area contributed by atoms with E-state index in [1.54, 1.807) is 12.0 Å². The van der Waals surface area contributed by atoms with Gasteiger partial charge < -0.3 is 14.4 Å². The van der Waals surface area contributed by atoms with Crippen molar-refractivity contribution in [1.29, 1.82) is 0 Å². The molecule has 2 unspecified atom stereocenters. The summed E-state index contributed by atoms with van der Waals surface area (Å²) in [6.45, 7) is 1.95. The molecular weight excluding hydrogens is 270 g/mol. The maximum atomic E-state index is 12.1. The minimum Gasteiger partial charge on any atom is -0.496 e.